The maximum atomic E-state index is 13.8. The van der Waals surface area contributed by atoms with E-state index in [0.29, 0.717) is 12.1 Å². The Kier molecular flexibility index (Phi) is 5.68. The van der Waals surface area contributed by atoms with Crippen LogP contribution in [0, 0.1) is 5.82 Å². The Morgan fingerprint density at radius 1 is 1.19 bits per heavy atom. The SMILES string of the molecule is COc1ccc(/C=C\C(=O)N2CCN(C)C[C@H]2c2ccccc2)cc1F. The Balaban J connectivity index is 1.77. The topological polar surface area (TPSA) is 32.8 Å². The molecule has 1 amide bonds. The van der Waals surface area contributed by atoms with E-state index in [9.17, 15) is 9.18 Å². The second kappa shape index (κ2) is 8.15. The third kappa shape index (κ3) is 4.11. The molecule has 1 heterocycles. The van der Waals surface area contributed by atoms with Crippen molar-refractivity contribution in [3.63, 3.8) is 0 Å². The van der Waals surface area contributed by atoms with Crippen LogP contribution in [0.15, 0.2) is 54.6 Å². The molecule has 0 radical (unpaired) electrons. The molecule has 4 nitrogen and oxygen atoms in total. The van der Waals surface area contributed by atoms with Gasteiger partial charge in [0.2, 0.25) is 5.91 Å². The molecule has 3 rings (SSSR count). The zero-order valence-electron chi connectivity index (χ0n) is 15.1. The van der Waals surface area contributed by atoms with Crippen LogP contribution in [0.2, 0.25) is 0 Å². The normalized spacial score (nSPS) is 18.3. The largest absolute Gasteiger partial charge is 0.494 e. The van der Waals surface area contributed by atoms with Crippen LogP contribution < -0.4 is 4.74 Å². The van der Waals surface area contributed by atoms with Gasteiger partial charge in [0, 0.05) is 25.7 Å². The third-order valence-corrected chi connectivity index (χ3v) is 4.65. The second-order valence-corrected chi connectivity index (χ2v) is 6.45. The van der Waals surface area contributed by atoms with Crippen molar-refractivity contribution in [3.8, 4) is 5.75 Å². The highest BCUT2D eigenvalue weighted by molar-refractivity contribution is 5.92. The lowest BCUT2D eigenvalue weighted by Gasteiger charge is -2.39. The number of nitrogens with zero attached hydrogens (tertiary/aromatic N) is 2. The average Bonchev–Trinajstić information content (AvgIpc) is 2.67. The molecule has 1 aliphatic heterocycles. The van der Waals surface area contributed by atoms with Gasteiger partial charge in [-0.3, -0.25) is 4.79 Å². The Hall–Kier alpha value is -2.66. The molecule has 1 aliphatic rings. The fraction of sp³-hybridized carbons (Fsp3) is 0.286. The Morgan fingerprint density at radius 2 is 1.96 bits per heavy atom. The van der Waals surface area contributed by atoms with Crippen molar-refractivity contribution in [1.29, 1.82) is 0 Å². The lowest BCUT2D eigenvalue weighted by atomic mass is 10.0. The summed E-state index contributed by atoms with van der Waals surface area (Å²) in [4.78, 5) is 16.9. The quantitative estimate of drug-likeness (QED) is 0.790. The van der Waals surface area contributed by atoms with Crippen LogP contribution >= 0.6 is 0 Å². The smallest absolute Gasteiger partial charge is 0.247 e. The summed E-state index contributed by atoms with van der Waals surface area (Å²) < 4.78 is 18.7. The molecule has 0 saturated carbocycles. The van der Waals surface area contributed by atoms with Crippen molar-refractivity contribution in [3.05, 3.63) is 71.6 Å². The number of likely N-dealkylation sites (N-methyl/N-ethyl adjacent to an activating group) is 1. The van der Waals surface area contributed by atoms with Crippen molar-refractivity contribution in [2.75, 3.05) is 33.8 Å². The first kappa shape index (κ1) is 18.1. The standard InChI is InChI=1S/C21H23FN2O2/c1-23-12-13-24(19(15-23)17-6-4-3-5-7-17)21(25)11-9-16-8-10-20(26-2)18(22)14-16/h3-11,14,19H,12-13,15H2,1-2H3/b11-9-/t19-/m0/s1. The monoisotopic (exact) mass is 354 g/mol. The van der Waals surface area contributed by atoms with Gasteiger partial charge in [-0.15, -0.1) is 0 Å². The maximum Gasteiger partial charge on any atom is 0.247 e. The summed E-state index contributed by atoms with van der Waals surface area (Å²) in [5, 5.41) is 0. The molecule has 0 bridgehead atoms. The predicted molar refractivity (Wildman–Crippen MR) is 100 cm³/mol. The molecule has 26 heavy (non-hydrogen) atoms. The summed E-state index contributed by atoms with van der Waals surface area (Å²) in [6, 6.07) is 14.7. The minimum Gasteiger partial charge on any atom is -0.494 e. The van der Waals surface area contributed by atoms with Crippen LogP contribution in [0.4, 0.5) is 4.39 Å². The van der Waals surface area contributed by atoms with Gasteiger partial charge in [0.05, 0.1) is 13.2 Å². The first-order valence-corrected chi connectivity index (χ1v) is 8.64. The fourth-order valence-electron chi connectivity index (χ4n) is 3.19. The van der Waals surface area contributed by atoms with Crippen LogP contribution in [0.5, 0.6) is 5.75 Å². The van der Waals surface area contributed by atoms with E-state index >= 15 is 0 Å². The van der Waals surface area contributed by atoms with E-state index < -0.39 is 5.82 Å². The third-order valence-electron chi connectivity index (χ3n) is 4.65. The first-order chi connectivity index (χ1) is 12.6. The number of piperazine rings is 1. The summed E-state index contributed by atoms with van der Waals surface area (Å²) in [7, 11) is 3.49. The maximum absolute atomic E-state index is 13.8. The second-order valence-electron chi connectivity index (χ2n) is 6.45. The van der Waals surface area contributed by atoms with Gasteiger partial charge in [-0.1, -0.05) is 36.4 Å². The lowest BCUT2D eigenvalue weighted by molar-refractivity contribution is -0.130. The van der Waals surface area contributed by atoms with Gasteiger partial charge in [-0.05, 0) is 36.4 Å². The predicted octanol–water partition coefficient (Wildman–Crippen LogP) is 3.36. The van der Waals surface area contributed by atoms with E-state index in [1.165, 1.54) is 19.3 Å². The number of ether oxygens (including phenoxy) is 1. The Morgan fingerprint density at radius 3 is 2.65 bits per heavy atom. The molecule has 2 aromatic rings. The van der Waals surface area contributed by atoms with Crippen molar-refractivity contribution in [2.45, 2.75) is 6.04 Å². The summed E-state index contributed by atoms with van der Waals surface area (Å²) in [6.45, 7) is 2.29. The van der Waals surface area contributed by atoms with Gasteiger partial charge >= 0.3 is 0 Å². The van der Waals surface area contributed by atoms with Crippen LogP contribution in [0.25, 0.3) is 6.08 Å². The van der Waals surface area contributed by atoms with Crippen LogP contribution in [-0.2, 0) is 4.79 Å². The molecule has 0 aromatic heterocycles. The highest BCUT2D eigenvalue weighted by atomic mass is 19.1. The van der Waals surface area contributed by atoms with Crippen LogP contribution in [0.3, 0.4) is 0 Å². The zero-order chi connectivity index (χ0) is 18.5. The van der Waals surface area contributed by atoms with Crippen molar-refractivity contribution in [1.82, 2.24) is 9.80 Å². The number of hydrogen-bond acceptors (Lipinski definition) is 3. The number of amides is 1. The van der Waals surface area contributed by atoms with E-state index in [1.54, 1.807) is 18.2 Å². The minimum atomic E-state index is -0.441. The Bertz CT molecular complexity index is 792. The fourth-order valence-corrected chi connectivity index (χ4v) is 3.19. The molecule has 2 aromatic carbocycles. The first-order valence-electron chi connectivity index (χ1n) is 8.64. The van der Waals surface area contributed by atoms with Crippen molar-refractivity contribution < 1.29 is 13.9 Å². The van der Waals surface area contributed by atoms with E-state index in [1.807, 2.05) is 35.2 Å². The summed E-state index contributed by atoms with van der Waals surface area (Å²) >= 11 is 0. The number of rotatable bonds is 4. The molecule has 0 aliphatic carbocycles. The number of hydrogen-bond donors (Lipinski definition) is 0. The van der Waals surface area contributed by atoms with Crippen LogP contribution in [0.1, 0.15) is 17.2 Å². The van der Waals surface area contributed by atoms with E-state index in [0.717, 1.165) is 18.7 Å². The molecule has 1 atom stereocenters. The molecule has 136 valence electrons. The Labute approximate surface area is 153 Å². The number of benzene rings is 2. The highest BCUT2D eigenvalue weighted by Gasteiger charge is 2.28. The van der Waals surface area contributed by atoms with Gasteiger partial charge in [0.25, 0.3) is 0 Å². The van der Waals surface area contributed by atoms with Gasteiger partial charge in [-0.2, -0.15) is 0 Å². The molecular weight excluding hydrogens is 331 g/mol. The number of carbonyl (C=O) groups is 1. The molecule has 0 N–H and O–H groups in total. The lowest BCUT2D eigenvalue weighted by Crippen LogP contribution is -2.48. The summed E-state index contributed by atoms with van der Waals surface area (Å²) in [6.07, 6.45) is 3.16. The molecule has 0 unspecified atom stereocenters. The van der Waals surface area contributed by atoms with Gasteiger partial charge in [0.15, 0.2) is 11.6 Å². The van der Waals surface area contributed by atoms with Crippen molar-refractivity contribution >= 4 is 12.0 Å². The minimum absolute atomic E-state index is 0.0136. The van der Waals surface area contributed by atoms with Gasteiger partial charge < -0.3 is 14.5 Å². The molecule has 0 spiro atoms. The zero-order valence-corrected chi connectivity index (χ0v) is 15.1. The highest BCUT2D eigenvalue weighted by Crippen LogP contribution is 2.25. The molecule has 1 fully saturated rings. The summed E-state index contributed by atoms with van der Waals surface area (Å²) in [5.74, 6) is -0.316. The van der Waals surface area contributed by atoms with Crippen molar-refractivity contribution in [2.24, 2.45) is 0 Å². The van der Waals surface area contributed by atoms with Crippen LogP contribution in [-0.4, -0.2) is 49.5 Å². The van der Waals surface area contributed by atoms with E-state index in [2.05, 4.69) is 11.9 Å². The number of carbonyl (C=O) groups excluding carboxylic acids is 1. The average molecular weight is 354 g/mol. The summed E-state index contributed by atoms with van der Waals surface area (Å²) in [5.41, 5.74) is 1.75. The number of halogens is 1. The molecule has 5 heteroatoms. The van der Waals surface area contributed by atoms with E-state index in [4.69, 9.17) is 4.74 Å². The van der Waals surface area contributed by atoms with Gasteiger partial charge in [0.1, 0.15) is 0 Å². The van der Waals surface area contributed by atoms with Gasteiger partial charge in [-0.25, -0.2) is 4.39 Å². The molecule has 1 saturated heterocycles. The number of methoxy groups -OCH3 is 1. The van der Waals surface area contributed by atoms with E-state index in [-0.39, 0.29) is 17.7 Å². The molecular formula is C21H23FN2O2.